The number of halogens is 1. The summed E-state index contributed by atoms with van der Waals surface area (Å²) in [5.41, 5.74) is 4.29. The van der Waals surface area contributed by atoms with Crippen molar-refractivity contribution in [3.63, 3.8) is 0 Å². The average molecular weight is 346 g/mol. The first kappa shape index (κ1) is 14.6. The molecule has 0 spiro atoms. The topological polar surface area (TPSA) is 21.3 Å². The van der Waals surface area contributed by atoms with Crippen LogP contribution in [0.25, 0.3) is 0 Å². The van der Waals surface area contributed by atoms with Gasteiger partial charge in [-0.25, -0.2) is 0 Å². The molecule has 0 aliphatic heterocycles. The van der Waals surface area contributed by atoms with Crippen LogP contribution in [0.3, 0.4) is 0 Å². The third-order valence-electron chi connectivity index (χ3n) is 4.41. The van der Waals surface area contributed by atoms with Crippen molar-refractivity contribution in [1.82, 2.24) is 5.32 Å². The zero-order chi connectivity index (χ0) is 14.8. The van der Waals surface area contributed by atoms with Crippen molar-refractivity contribution in [2.24, 2.45) is 5.92 Å². The Hall–Kier alpha value is -1.32. The Balaban J connectivity index is 1.87. The van der Waals surface area contributed by atoms with E-state index in [1.54, 1.807) is 7.11 Å². The third kappa shape index (κ3) is 2.85. The molecule has 2 aromatic carbocycles. The molecule has 0 bridgehead atoms. The highest BCUT2D eigenvalue weighted by Crippen LogP contribution is 2.38. The summed E-state index contributed by atoms with van der Waals surface area (Å²) in [4.78, 5) is 0. The predicted molar refractivity (Wildman–Crippen MR) is 89.8 cm³/mol. The second kappa shape index (κ2) is 6.20. The van der Waals surface area contributed by atoms with Crippen molar-refractivity contribution in [3.05, 3.63) is 63.6 Å². The van der Waals surface area contributed by atoms with E-state index >= 15 is 0 Å². The van der Waals surface area contributed by atoms with Crippen molar-refractivity contribution in [2.75, 3.05) is 14.2 Å². The highest BCUT2D eigenvalue weighted by Gasteiger charge is 2.29. The molecule has 2 nitrogen and oxygen atoms in total. The first-order valence-electron chi connectivity index (χ1n) is 7.30. The van der Waals surface area contributed by atoms with Gasteiger partial charge in [0.25, 0.3) is 0 Å². The second-order valence-corrected chi connectivity index (χ2v) is 6.45. The molecule has 1 aliphatic rings. The average Bonchev–Trinajstić information content (AvgIpc) is 2.93. The van der Waals surface area contributed by atoms with Gasteiger partial charge in [-0.1, -0.05) is 46.3 Å². The fourth-order valence-electron chi connectivity index (χ4n) is 3.36. The molecule has 1 N–H and O–H groups in total. The molecule has 3 heteroatoms. The normalized spacial score (nSPS) is 15.8. The van der Waals surface area contributed by atoms with Crippen LogP contribution < -0.4 is 10.1 Å². The van der Waals surface area contributed by atoms with Gasteiger partial charge in [-0.2, -0.15) is 0 Å². The lowest BCUT2D eigenvalue weighted by atomic mass is 9.90. The summed E-state index contributed by atoms with van der Waals surface area (Å²) < 4.78 is 6.40. The SMILES string of the molecule is CNC(c1ccc(OC)cc1Br)C1Cc2ccccc2C1. The fraction of sp³-hybridized carbons (Fsp3) is 0.333. The monoisotopic (exact) mass is 345 g/mol. The molecule has 0 heterocycles. The summed E-state index contributed by atoms with van der Waals surface area (Å²) in [6, 6.07) is 15.4. The molecule has 0 saturated heterocycles. The van der Waals surface area contributed by atoms with Crippen LogP contribution in [0.15, 0.2) is 46.9 Å². The minimum Gasteiger partial charge on any atom is -0.497 e. The maximum Gasteiger partial charge on any atom is 0.120 e. The number of benzene rings is 2. The summed E-state index contributed by atoms with van der Waals surface area (Å²) in [7, 11) is 3.74. The maximum atomic E-state index is 5.29. The third-order valence-corrected chi connectivity index (χ3v) is 5.09. The van der Waals surface area contributed by atoms with Crippen LogP contribution in [-0.2, 0) is 12.8 Å². The summed E-state index contributed by atoms with van der Waals surface area (Å²) in [6.45, 7) is 0. The van der Waals surface area contributed by atoms with Crippen LogP contribution in [0.5, 0.6) is 5.75 Å². The highest BCUT2D eigenvalue weighted by molar-refractivity contribution is 9.10. The molecule has 0 radical (unpaired) electrons. The number of methoxy groups -OCH3 is 1. The highest BCUT2D eigenvalue weighted by atomic mass is 79.9. The van der Waals surface area contributed by atoms with Gasteiger partial charge in [-0.15, -0.1) is 0 Å². The molecule has 0 amide bonds. The zero-order valence-electron chi connectivity index (χ0n) is 12.4. The number of hydrogen-bond donors (Lipinski definition) is 1. The molecule has 2 aromatic rings. The van der Waals surface area contributed by atoms with Crippen molar-refractivity contribution >= 4 is 15.9 Å². The lowest BCUT2D eigenvalue weighted by molar-refractivity contribution is 0.393. The van der Waals surface area contributed by atoms with E-state index in [1.807, 2.05) is 19.2 Å². The maximum absolute atomic E-state index is 5.29. The van der Waals surface area contributed by atoms with Crippen LogP contribution in [0.2, 0.25) is 0 Å². The summed E-state index contributed by atoms with van der Waals surface area (Å²) in [6.07, 6.45) is 2.28. The van der Waals surface area contributed by atoms with Gasteiger partial charge >= 0.3 is 0 Å². The summed E-state index contributed by atoms with van der Waals surface area (Å²) >= 11 is 3.69. The van der Waals surface area contributed by atoms with E-state index < -0.39 is 0 Å². The Kier molecular flexibility index (Phi) is 4.32. The van der Waals surface area contributed by atoms with Gasteiger partial charge < -0.3 is 10.1 Å². The molecule has 3 rings (SSSR count). The standard InChI is InChI=1S/C18H20BrNO/c1-20-18(16-8-7-15(21-2)11-17(16)19)14-9-12-5-3-4-6-13(12)10-14/h3-8,11,14,18,20H,9-10H2,1-2H3. The summed E-state index contributed by atoms with van der Waals surface area (Å²) in [5, 5.41) is 3.50. The lowest BCUT2D eigenvalue weighted by Crippen LogP contribution is -2.26. The Morgan fingerprint density at radius 2 is 1.81 bits per heavy atom. The van der Waals surface area contributed by atoms with E-state index in [4.69, 9.17) is 4.74 Å². The number of fused-ring (bicyclic) bond motifs is 1. The first-order valence-corrected chi connectivity index (χ1v) is 8.09. The second-order valence-electron chi connectivity index (χ2n) is 5.59. The van der Waals surface area contributed by atoms with Gasteiger partial charge in [-0.3, -0.25) is 0 Å². The number of nitrogens with one attached hydrogen (secondary N) is 1. The minimum absolute atomic E-state index is 0.345. The Bertz CT molecular complexity index is 616. The molecular formula is C18H20BrNO. The molecule has 1 atom stereocenters. The molecule has 0 saturated carbocycles. The number of hydrogen-bond acceptors (Lipinski definition) is 2. The van der Waals surface area contributed by atoms with Gasteiger partial charge in [0.05, 0.1) is 7.11 Å². The van der Waals surface area contributed by atoms with E-state index in [-0.39, 0.29) is 0 Å². The Labute approximate surface area is 134 Å². The molecular weight excluding hydrogens is 326 g/mol. The van der Waals surface area contributed by atoms with Crippen LogP contribution in [0.4, 0.5) is 0 Å². The molecule has 1 unspecified atom stereocenters. The fourth-order valence-corrected chi connectivity index (χ4v) is 3.97. The van der Waals surface area contributed by atoms with Gasteiger partial charge in [0.2, 0.25) is 0 Å². The van der Waals surface area contributed by atoms with E-state index in [2.05, 4.69) is 51.6 Å². The smallest absolute Gasteiger partial charge is 0.120 e. The van der Waals surface area contributed by atoms with E-state index in [0.29, 0.717) is 12.0 Å². The molecule has 0 aromatic heterocycles. The number of ether oxygens (including phenoxy) is 1. The lowest BCUT2D eigenvalue weighted by Gasteiger charge is -2.25. The van der Waals surface area contributed by atoms with E-state index in [0.717, 1.165) is 23.1 Å². The molecule has 0 fully saturated rings. The molecule has 21 heavy (non-hydrogen) atoms. The predicted octanol–water partition coefficient (Wildman–Crippen LogP) is 4.13. The van der Waals surface area contributed by atoms with Gasteiger partial charge in [0.1, 0.15) is 5.75 Å². The van der Waals surface area contributed by atoms with Gasteiger partial charge in [0.15, 0.2) is 0 Å². The van der Waals surface area contributed by atoms with Crippen molar-refractivity contribution in [2.45, 2.75) is 18.9 Å². The minimum atomic E-state index is 0.345. The molecule has 110 valence electrons. The van der Waals surface area contributed by atoms with Crippen molar-refractivity contribution < 1.29 is 4.74 Å². The van der Waals surface area contributed by atoms with Gasteiger partial charge in [-0.05, 0) is 54.6 Å². The van der Waals surface area contributed by atoms with Gasteiger partial charge in [0, 0.05) is 10.5 Å². The summed E-state index contributed by atoms with van der Waals surface area (Å²) in [5.74, 6) is 1.48. The zero-order valence-corrected chi connectivity index (χ0v) is 14.0. The van der Waals surface area contributed by atoms with Crippen LogP contribution >= 0.6 is 15.9 Å². The van der Waals surface area contributed by atoms with E-state index in [1.165, 1.54) is 16.7 Å². The quantitative estimate of drug-likeness (QED) is 0.899. The van der Waals surface area contributed by atoms with Crippen LogP contribution in [0, 0.1) is 5.92 Å². The van der Waals surface area contributed by atoms with Crippen molar-refractivity contribution in [1.29, 1.82) is 0 Å². The van der Waals surface area contributed by atoms with Crippen molar-refractivity contribution in [3.8, 4) is 5.75 Å². The molecule has 1 aliphatic carbocycles. The van der Waals surface area contributed by atoms with Crippen LogP contribution in [0.1, 0.15) is 22.7 Å². The van der Waals surface area contributed by atoms with E-state index in [9.17, 15) is 0 Å². The Morgan fingerprint density at radius 1 is 1.14 bits per heavy atom. The largest absolute Gasteiger partial charge is 0.497 e. The Morgan fingerprint density at radius 3 is 2.33 bits per heavy atom. The number of rotatable bonds is 4. The van der Waals surface area contributed by atoms with Crippen LogP contribution in [-0.4, -0.2) is 14.2 Å². The first-order chi connectivity index (χ1) is 10.2.